The summed E-state index contributed by atoms with van der Waals surface area (Å²) in [5.74, 6) is 1.37. The maximum atomic E-state index is 6.09. The molecule has 1 aromatic heterocycles. The number of hydrogen-bond acceptors (Lipinski definition) is 3. The summed E-state index contributed by atoms with van der Waals surface area (Å²) >= 11 is 7.83. The molecule has 2 aromatic rings. The minimum Gasteiger partial charge on any atom is -0.357 e. The predicted octanol–water partition coefficient (Wildman–Crippen LogP) is 4.59. The number of aryl methyl sites for hydroxylation is 1. The lowest BCUT2D eigenvalue weighted by Gasteiger charge is -2.11. The molecule has 0 spiro atoms. The number of benzene rings is 1. The molecule has 7 heteroatoms. The van der Waals surface area contributed by atoms with E-state index in [4.69, 9.17) is 11.6 Å². The van der Waals surface area contributed by atoms with E-state index in [1.807, 2.05) is 18.3 Å². The number of hydrogen-bond donors (Lipinski definition) is 2. The summed E-state index contributed by atoms with van der Waals surface area (Å²) in [6.07, 6.45) is 4.09. The van der Waals surface area contributed by atoms with Crippen LogP contribution in [0.4, 0.5) is 0 Å². The average molecular weight is 491 g/mol. The van der Waals surface area contributed by atoms with Crippen molar-refractivity contribution >= 4 is 52.9 Å². The van der Waals surface area contributed by atoms with Gasteiger partial charge in [0.05, 0.1) is 6.54 Å². The molecule has 0 radical (unpaired) electrons. The highest BCUT2D eigenvalue weighted by Gasteiger charge is 2.39. The number of nitrogens with one attached hydrogen (secondary N) is 2. The molecule has 136 valence electrons. The summed E-state index contributed by atoms with van der Waals surface area (Å²) in [5.41, 5.74) is 1.29. The van der Waals surface area contributed by atoms with Crippen LogP contribution in [0.5, 0.6) is 0 Å². The normalized spacial score (nSPS) is 19.2. The largest absolute Gasteiger partial charge is 0.357 e. The molecule has 3 rings (SSSR count). The third kappa shape index (κ3) is 5.82. The van der Waals surface area contributed by atoms with Crippen LogP contribution >= 0.6 is 46.9 Å². The highest BCUT2D eigenvalue weighted by molar-refractivity contribution is 14.0. The number of aromatic nitrogens is 1. The van der Waals surface area contributed by atoms with Gasteiger partial charge in [0.1, 0.15) is 5.01 Å². The summed E-state index contributed by atoms with van der Waals surface area (Å²) in [6.45, 7) is 5.69. The van der Waals surface area contributed by atoms with E-state index < -0.39 is 0 Å². The monoisotopic (exact) mass is 490 g/mol. The van der Waals surface area contributed by atoms with Crippen LogP contribution in [-0.2, 0) is 13.0 Å². The Bertz CT molecular complexity index is 719. The molecule has 4 nitrogen and oxygen atoms in total. The first kappa shape index (κ1) is 20.5. The maximum Gasteiger partial charge on any atom is 0.191 e. The van der Waals surface area contributed by atoms with Crippen molar-refractivity contribution in [1.29, 1.82) is 0 Å². The highest BCUT2D eigenvalue weighted by atomic mass is 127. The van der Waals surface area contributed by atoms with E-state index in [9.17, 15) is 0 Å². The molecule has 2 N–H and O–H groups in total. The molecule has 1 heterocycles. The fourth-order valence-corrected chi connectivity index (χ4v) is 3.67. The van der Waals surface area contributed by atoms with Gasteiger partial charge in [0.2, 0.25) is 0 Å². The maximum absolute atomic E-state index is 6.09. The molecular weight excluding hydrogens is 467 g/mol. The zero-order valence-electron chi connectivity index (χ0n) is 14.5. The van der Waals surface area contributed by atoms with Crippen LogP contribution < -0.4 is 10.6 Å². The lowest BCUT2D eigenvalue weighted by Crippen LogP contribution is -2.39. The van der Waals surface area contributed by atoms with Gasteiger partial charge >= 0.3 is 0 Å². The fourth-order valence-electron chi connectivity index (χ4n) is 2.69. The molecule has 0 amide bonds. The van der Waals surface area contributed by atoms with E-state index in [0.29, 0.717) is 18.5 Å². The second-order valence-corrected chi connectivity index (χ2v) is 7.55. The second-order valence-electron chi connectivity index (χ2n) is 5.92. The molecule has 2 unspecified atom stereocenters. The minimum absolute atomic E-state index is 0. The van der Waals surface area contributed by atoms with E-state index in [0.717, 1.165) is 35.4 Å². The van der Waals surface area contributed by atoms with Crippen molar-refractivity contribution in [2.75, 3.05) is 6.54 Å². The smallest absolute Gasteiger partial charge is 0.191 e. The van der Waals surface area contributed by atoms with E-state index in [2.05, 4.69) is 46.6 Å². The van der Waals surface area contributed by atoms with Crippen LogP contribution in [0.2, 0.25) is 5.02 Å². The van der Waals surface area contributed by atoms with Crippen LogP contribution in [0, 0.1) is 0 Å². The van der Waals surface area contributed by atoms with Crippen LogP contribution in [0.15, 0.2) is 35.5 Å². The van der Waals surface area contributed by atoms with Crippen LogP contribution in [0.1, 0.15) is 41.6 Å². The van der Waals surface area contributed by atoms with Gasteiger partial charge in [0.15, 0.2) is 5.96 Å². The van der Waals surface area contributed by atoms with Crippen molar-refractivity contribution in [1.82, 2.24) is 15.6 Å². The molecule has 1 aliphatic carbocycles. The van der Waals surface area contributed by atoms with Crippen molar-refractivity contribution in [2.45, 2.75) is 45.2 Å². The molecule has 0 saturated heterocycles. The number of thiazole rings is 1. The van der Waals surface area contributed by atoms with Crippen LogP contribution in [0.3, 0.4) is 0 Å². The Hall–Kier alpha value is -0.860. The van der Waals surface area contributed by atoms with Crippen molar-refractivity contribution in [2.24, 2.45) is 4.99 Å². The highest BCUT2D eigenvalue weighted by Crippen LogP contribution is 2.41. The zero-order valence-corrected chi connectivity index (χ0v) is 18.4. The molecule has 0 aliphatic heterocycles. The van der Waals surface area contributed by atoms with Gasteiger partial charge in [-0.25, -0.2) is 9.98 Å². The molecule has 2 atom stereocenters. The third-order valence-corrected chi connectivity index (χ3v) is 5.42. The molecule has 1 fully saturated rings. The van der Waals surface area contributed by atoms with Crippen molar-refractivity contribution in [3.8, 4) is 0 Å². The lowest BCUT2D eigenvalue weighted by atomic mass is 10.1. The Kier molecular flexibility index (Phi) is 7.96. The van der Waals surface area contributed by atoms with Crippen molar-refractivity contribution in [3.63, 3.8) is 0 Å². The molecular formula is C18H24ClIN4S. The first-order valence-electron chi connectivity index (χ1n) is 8.43. The fraction of sp³-hybridized carbons (Fsp3) is 0.444. The lowest BCUT2D eigenvalue weighted by molar-refractivity contribution is 0.794. The van der Waals surface area contributed by atoms with Gasteiger partial charge < -0.3 is 10.6 Å². The molecule has 25 heavy (non-hydrogen) atoms. The van der Waals surface area contributed by atoms with Crippen LogP contribution in [0.25, 0.3) is 0 Å². The number of nitrogens with zero attached hydrogens (tertiary/aromatic N) is 2. The Morgan fingerprint density at radius 1 is 1.40 bits per heavy atom. The Labute approximate surface area is 175 Å². The summed E-state index contributed by atoms with van der Waals surface area (Å²) in [6, 6.07) is 8.55. The standard InChI is InChI=1S/C18H23ClN4S.HI/c1-3-14-10-21-17(24-14)11-22-18(20-4-2)23-16-9-15(16)12-6-5-7-13(19)8-12;/h5-8,10,15-16H,3-4,9,11H2,1-2H3,(H2,20,22,23);1H. The van der Waals surface area contributed by atoms with Gasteiger partial charge in [0.25, 0.3) is 0 Å². The number of rotatable bonds is 6. The first-order valence-corrected chi connectivity index (χ1v) is 9.63. The first-order chi connectivity index (χ1) is 11.7. The Morgan fingerprint density at radius 3 is 2.92 bits per heavy atom. The quantitative estimate of drug-likeness (QED) is 0.354. The molecule has 1 saturated carbocycles. The van der Waals surface area contributed by atoms with Gasteiger partial charge in [-0.1, -0.05) is 30.7 Å². The second kappa shape index (κ2) is 9.73. The van der Waals surface area contributed by atoms with E-state index >= 15 is 0 Å². The Balaban J connectivity index is 0.00000225. The topological polar surface area (TPSA) is 49.3 Å². The minimum atomic E-state index is 0. The van der Waals surface area contributed by atoms with Gasteiger partial charge in [0, 0.05) is 34.6 Å². The van der Waals surface area contributed by atoms with Crippen molar-refractivity contribution < 1.29 is 0 Å². The Morgan fingerprint density at radius 2 is 2.24 bits per heavy atom. The summed E-state index contributed by atoms with van der Waals surface area (Å²) in [4.78, 5) is 10.4. The molecule has 0 bridgehead atoms. The third-order valence-electron chi connectivity index (χ3n) is 4.06. The van der Waals surface area contributed by atoms with E-state index in [-0.39, 0.29) is 24.0 Å². The van der Waals surface area contributed by atoms with Gasteiger partial charge in [-0.3, -0.25) is 0 Å². The van der Waals surface area contributed by atoms with Crippen LogP contribution in [-0.4, -0.2) is 23.5 Å². The number of aliphatic imine (C=N–C) groups is 1. The average Bonchev–Trinajstić information content (AvgIpc) is 3.19. The molecule has 1 aromatic carbocycles. The number of guanidine groups is 1. The van der Waals surface area contributed by atoms with Gasteiger partial charge in [-0.2, -0.15) is 0 Å². The summed E-state index contributed by atoms with van der Waals surface area (Å²) in [7, 11) is 0. The summed E-state index contributed by atoms with van der Waals surface area (Å²) < 4.78 is 0. The summed E-state index contributed by atoms with van der Waals surface area (Å²) in [5, 5.41) is 8.70. The van der Waals surface area contributed by atoms with Gasteiger partial charge in [-0.05, 0) is 37.5 Å². The SMILES string of the molecule is CCNC(=NCc1ncc(CC)s1)NC1CC1c1cccc(Cl)c1.I. The van der Waals surface area contributed by atoms with Gasteiger partial charge in [-0.15, -0.1) is 35.3 Å². The van der Waals surface area contributed by atoms with E-state index in [1.54, 1.807) is 11.3 Å². The molecule has 1 aliphatic rings. The predicted molar refractivity (Wildman–Crippen MR) is 117 cm³/mol. The van der Waals surface area contributed by atoms with E-state index in [1.165, 1.54) is 10.4 Å². The van der Waals surface area contributed by atoms with Crippen molar-refractivity contribution in [3.05, 3.63) is 50.9 Å². The number of halogens is 2. The zero-order chi connectivity index (χ0) is 16.9.